The summed E-state index contributed by atoms with van der Waals surface area (Å²) in [6.07, 6.45) is 1.68. The van der Waals surface area contributed by atoms with Crippen LogP contribution in [0.15, 0.2) is 35.7 Å². The van der Waals surface area contributed by atoms with Crippen LogP contribution in [0.3, 0.4) is 0 Å². The molecule has 0 unspecified atom stereocenters. The molecule has 0 radical (unpaired) electrons. The number of hydroxylamine groups is 2. The Hall–Kier alpha value is -1.90. The molecule has 0 aliphatic rings. The first-order chi connectivity index (χ1) is 10.8. The van der Waals surface area contributed by atoms with Crippen LogP contribution in [0.1, 0.15) is 24.2 Å². The van der Waals surface area contributed by atoms with Gasteiger partial charge >= 0.3 is 0 Å². The zero-order chi connectivity index (χ0) is 17.6. The number of sulfonamides is 1. The maximum Gasteiger partial charge on any atom is 0.279 e. The van der Waals surface area contributed by atoms with Crippen LogP contribution in [0.4, 0.5) is 5.69 Å². The standard InChI is InChI=1S/C15H23N3O4S/c1-5-10-17(4)14-9-8-12(23(16,20)21)11-13(14)15(19)18(6-2)22-7-3/h5,8-9,11H,1,6-7,10H2,2-4H3,(H2,16,20,21). The number of hydrogen-bond donors (Lipinski definition) is 1. The topological polar surface area (TPSA) is 92.9 Å². The number of likely N-dealkylation sites (N-methyl/N-ethyl adjacent to an activating group) is 1. The summed E-state index contributed by atoms with van der Waals surface area (Å²) in [5.74, 6) is -0.425. The van der Waals surface area contributed by atoms with E-state index in [2.05, 4.69) is 6.58 Å². The molecule has 0 atom stereocenters. The summed E-state index contributed by atoms with van der Waals surface area (Å²) in [6.45, 7) is 8.35. The number of anilines is 1. The van der Waals surface area contributed by atoms with Crippen molar-refractivity contribution in [1.82, 2.24) is 5.06 Å². The monoisotopic (exact) mass is 341 g/mol. The SMILES string of the molecule is C=CCN(C)c1ccc(S(N)(=O)=O)cc1C(=O)N(CC)OCC. The van der Waals surface area contributed by atoms with Crippen molar-refractivity contribution in [3.63, 3.8) is 0 Å². The predicted octanol–water partition coefficient (Wildman–Crippen LogP) is 1.37. The highest BCUT2D eigenvalue weighted by atomic mass is 32.2. The molecule has 0 saturated carbocycles. The van der Waals surface area contributed by atoms with Gasteiger partial charge in [-0.15, -0.1) is 6.58 Å². The number of hydrogen-bond acceptors (Lipinski definition) is 5. The molecular weight excluding hydrogens is 318 g/mol. The summed E-state index contributed by atoms with van der Waals surface area (Å²) in [5.41, 5.74) is 0.775. The van der Waals surface area contributed by atoms with Crippen molar-refractivity contribution in [2.24, 2.45) is 5.14 Å². The molecule has 0 fully saturated rings. The van der Waals surface area contributed by atoms with E-state index < -0.39 is 15.9 Å². The van der Waals surface area contributed by atoms with Gasteiger partial charge in [-0.05, 0) is 32.0 Å². The lowest BCUT2D eigenvalue weighted by Crippen LogP contribution is -2.33. The van der Waals surface area contributed by atoms with Gasteiger partial charge in [0.25, 0.3) is 5.91 Å². The summed E-state index contributed by atoms with van der Waals surface area (Å²) >= 11 is 0. The van der Waals surface area contributed by atoms with Gasteiger partial charge < -0.3 is 4.90 Å². The maximum atomic E-state index is 12.7. The molecule has 0 aliphatic heterocycles. The number of carbonyl (C=O) groups is 1. The maximum absolute atomic E-state index is 12.7. The molecule has 0 spiro atoms. The van der Waals surface area contributed by atoms with Crippen LogP contribution in [0.5, 0.6) is 0 Å². The van der Waals surface area contributed by atoms with E-state index in [-0.39, 0.29) is 10.5 Å². The average molecular weight is 341 g/mol. The third-order valence-corrected chi connectivity index (χ3v) is 4.05. The average Bonchev–Trinajstić information content (AvgIpc) is 2.50. The van der Waals surface area contributed by atoms with Crippen molar-refractivity contribution in [3.05, 3.63) is 36.4 Å². The molecule has 2 N–H and O–H groups in total. The molecule has 1 rings (SSSR count). The van der Waals surface area contributed by atoms with Crippen LogP contribution >= 0.6 is 0 Å². The van der Waals surface area contributed by atoms with Crippen molar-refractivity contribution in [2.75, 3.05) is 31.6 Å². The summed E-state index contributed by atoms with van der Waals surface area (Å²) in [6, 6.07) is 4.20. The summed E-state index contributed by atoms with van der Waals surface area (Å²) < 4.78 is 23.1. The van der Waals surface area contributed by atoms with Gasteiger partial charge in [-0.25, -0.2) is 18.6 Å². The highest BCUT2D eigenvalue weighted by Crippen LogP contribution is 2.24. The molecule has 0 bridgehead atoms. The number of amides is 1. The first-order valence-corrected chi connectivity index (χ1v) is 8.74. The van der Waals surface area contributed by atoms with E-state index in [0.29, 0.717) is 25.4 Å². The molecular formula is C15H23N3O4S. The fourth-order valence-electron chi connectivity index (χ4n) is 2.07. The molecule has 8 heteroatoms. The van der Waals surface area contributed by atoms with Gasteiger partial charge in [0, 0.05) is 25.8 Å². The minimum absolute atomic E-state index is 0.121. The van der Waals surface area contributed by atoms with Gasteiger partial charge in [-0.3, -0.25) is 9.63 Å². The van der Waals surface area contributed by atoms with Crippen LogP contribution in [-0.4, -0.2) is 46.1 Å². The van der Waals surface area contributed by atoms with Crippen LogP contribution < -0.4 is 10.0 Å². The Bertz CT molecular complexity index is 673. The number of carbonyl (C=O) groups excluding carboxylic acids is 1. The Morgan fingerprint density at radius 1 is 1.39 bits per heavy atom. The summed E-state index contributed by atoms with van der Waals surface area (Å²) in [7, 11) is -2.13. The summed E-state index contributed by atoms with van der Waals surface area (Å²) in [4.78, 5) is 19.6. The third kappa shape index (κ3) is 4.78. The van der Waals surface area contributed by atoms with Crippen molar-refractivity contribution in [3.8, 4) is 0 Å². The number of benzene rings is 1. The van der Waals surface area contributed by atoms with Crippen LogP contribution in [0.25, 0.3) is 0 Å². The Balaban J connectivity index is 3.43. The lowest BCUT2D eigenvalue weighted by Gasteiger charge is -2.25. The molecule has 23 heavy (non-hydrogen) atoms. The van der Waals surface area contributed by atoms with Crippen molar-refractivity contribution in [1.29, 1.82) is 0 Å². The van der Waals surface area contributed by atoms with E-state index in [1.807, 2.05) is 0 Å². The second-order valence-electron chi connectivity index (χ2n) is 4.81. The highest BCUT2D eigenvalue weighted by molar-refractivity contribution is 7.89. The molecule has 0 aromatic heterocycles. The molecule has 128 valence electrons. The Labute approximate surface area is 137 Å². The molecule has 7 nitrogen and oxygen atoms in total. The zero-order valence-electron chi connectivity index (χ0n) is 13.7. The molecule has 0 aliphatic carbocycles. The number of primary sulfonamides is 1. The normalized spacial score (nSPS) is 11.1. The minimum Gasteiger partial charge on any atom is -0.370 e. The minimum atomic E-state index is -3.91. The van der Waals surface area contributed by atoms with E-state index in [4.69, 9.17) is 9.98 Å². The quantitative estimate of drug-likeness (QED) is 0.569. The fourth-order valence-corrected chi connectivity index (χ4v) is 2.61. The lowest BCUT2D eigenvalue weighted by atomic mass is 10.1. The van der Waals surface area contributed by atoms with E-state index in [9.17, 15) is 13.2 Å². The lowest BCUT2D eigenvalue weighted by molar-refractivity contribution is -0.115. The van der Waals surface area contributed by atoms with Gasteiger partial charge in [-0.1, -0.05) is 6.08 Å². The van der Waals surface area contributed by atoms with Gasteiger partial charge in [0.15, 0.2) is 0 Å². The van der Waals surface area contributed by atoms with Crippen molar-refractivity contribution < 1.29 is 18.0 Å². The van der Waals surface area contributed by atoms with E-state index in [1.54, 1.807) is 37.9 Å². The Kier molecular flexibility index (Phi) is 6.74. The van der Waals surface area contributed by atoms with Crippen LogP contribution in [-0.2, 0) is 14.9 Å². The van der Waals surface area contributed by atoms with Gasteiger partial charge in [0.05, 0.1) is 17.1 Å². The smallest absolute Gasteiger partial charge is 0.279 e. The third-order valence-electron chi connectivity index (χ3n) is 3.14. The number of nitrogens with two attached hydrogens (primary N) is 1. The van der Waals surface area contributed by atoms with E-state index >= 15 is 0 Å². The van der Waals surface area contributed by atoms with E-state index in [1.165, 1.54) is 17.2 Å². The first kappa shape index (κ1) is 19.1. The second kappa shape index (κ2) is 8.09. The largest absolute Gasteiger partial charge is 0.370 e. The molecule has 1 aromatic carbocycles. The first-order valence-electron chi connectivity index (χ1n) is 7.19. The van der Waals surface area contributed by atoms with Crippen molar-refractivity contribution in [2.45, 2.75) is 18.7 Å². The van der Waals surface area contributed by atoms with Crippen molar-refractivity contribution >= 4 is 21.6 Å². The molecule has 0 heterocycles. The van der Waals surface area contributed by atoms with Gasteiger partial charge in [0.2, 0.25) is 10.0 Å². The van der Waals surface area contributed by atoms with E-state index in [0.717, 1.165) is 0 Å². The Morgan fingerprint density at radius 2 is 2.04 bits per heavy atom. The number of nitrogens with zero attached hydrogens (tertiary/aromatic N) is 2. The fraction of sp³-hybridized carbons (Fsp3) is 0.400. The zero-order valence-corrected chi connectivity index (χ0v) is 14.5. The molecule has 0 saturated heterocycles. The Morgan fingerprint density at radius 3 is 2.52 bits per heavy atom. The number of rotatable bonds is 8. The predicted molar refractivity (Wildman–Crippen MR) is 89.6 cm³/mol. The van der Waals surface area contributed by atoms with Crippen LogP contribution in [0, 0.1) is 0 Å². The van der Waals surface area contributed by atoms with Gasteiger partial charge in [0.1, 0.15) is 0 Å². The highest BCUT2D eigenvalue weighted by Gasteiger charge is 2.22. The summed E-state index contributed by atoms with van der Waals surface area (Å²) in [5, 5.41) is 6.35. The second-order valence-corrected chi connectivity index (χ2v) is 6.37. The van der Waals surface area contributed by atoms with Gasteiger partial charge in [-0.2, -0.15) is 0 Å². The molecule has 1 amide bonds. The van der Waals surface area contributed by atoms with Crippen LogP contribution in [0.2, 0.25) is 0 Å². The molecule has 1 aromatic rings.